The molecule has 1 rings (SSSR count). The molecule has 102 valence electrons. The summed E-state index contributed by atoms with van der Waals surface area (Å²) in [6, 6.07) is 1.80. The van der Waals surface area contributed by atoms with Gasteiger partial charge in [-0.25, -0.2) is 17.6 Å². The van der Waals surface area contributed by atoms with Crippen LogP contribution < -0.4 is 4.72 Å². The van der Waals surface area contributed by atoms with Crippen molar-refractivity contribution in [3.63, 3.8) is 0 Å². The Morgan fingerprint density at radius 2 is 2.21 bits per heavy atom. The highest BCUT2D eigenvalue weighted by Crippen LogP contribution is 2.16. The van der Waals surface area contributed by atoms with E-state index in [1.54, 1.807) is 6.92 Å². The molecule has 0 heterocycles. The number of carbonyl (C=O) groups is 1. The molecule has 0 aliphatic carbocycles. The number of terminal acetylenes is 1. The van der Waals surface area contributed by atoms with Crippen LogP contribution in [0.2, 0.25) is 0 Å². The summed E-state index contributed by atoms with van der Waals surface area (Å²) in [6.07, 6.45) is 5.47. The fourth-order valence-corrected chi connectivity index (χ4v) is 2.64. The zero-order valence-corrected chi connectivity index (χ0v) is 10.9. The van der Waals surface area contributed by atoms with Gasteiger partial charge in [-0.2, -0.15) is 4.72 Å². The number of nitrogens with one attached hydrogen (secondary N) is 1. The Labute approximate surface area is 110 Å². The van der Waals surface area contributed by atoms with Crippen LogP contribution in [-0.2, 0) is 10.0 Å². The fraction of sp³-hybridized carbons (Fsp3) is 0.250. The van der Waals surface area contributed by atoms with Crippen LogP contribution in [0.1, 0.15) is 23.7 Å². The first kappa shape index (κ1) is 15.1. The Morgan fingerprint density at radius 1 is 1.58 bits per heavy atom. The molecule has 1 aromatic carbocycles. The number of sulfonamides is 1. The molecule has 0 saturated heterocycles. The van der Waals surface area contributed by atoms with Crippen LogP contribution in [-0.4, -0.2) is 25.5 Å². The maximum Gasteiger partial charge on any atom is 0.335 e. The largest absolute Gasteiger partial charge is 0.478 e. The predicted octanol–water partition coefficient (Wildman–Crippen LogP) is 1.21. The minimum Gasteiger partial charge on any atom is -0.478 e. The third-order valence-corrected chi connectivity index (χ3v) is 3.88. The molecular weight excluding hydrogens is 273 g/mol. The summed E-state index contributed by atoms with van der Waals surface area (Å²) in [4.78, 5) is 9.99. The highest BCUT2D eigenvalue weighted by Gasteiger charge is 2.22. The van der Waals surface area contributed by atoms with Gasteiger partial charge in [0.1, 0.15) is 10.7 Å². The number of halogens is 1. The second-order valence-electron chi connectivity index (χ2n) is 3.70. The average Bonchev–Trinajstić information content (AvgIpc) is 2.35. The van der Waals surface area contributed by atoms with Crippen molar-refractivity contribution in [2.75, 3.05) is 0 Å². The average molecular weight is 285 g/mol. The van der Waals surface area contributed by atoms with Crippen molar-refractivity contribution in [2.24, 2.45) is 0 Å². The predicted molar refractivity (Wildman–Crippen MR) is 66.6 cm³/mol. The third kappa shape index (κ3) is 3.53. The highest BCUT2D eigenvalue weighted by molar-refractivity contribution is 7.89. The molecule has 0 amide bonds. The lowest BCUT2D eigenvalue weighted by Gasteiger charge is -2.12. The van der Waals surface area contributed by atoms with E-state index in [9.17, 15) is 17.6 Å². The molecule has 2 N–H and O–H groups in total. The molecule has 0 radical (unpaired) electrons. The summed E-state index contributed by atoms with van der Waals surface area (Å²) in [5.41, 5.74) is -0.333. The van der Waals surface area contributed by atoms with Gasteiger partial charge in [-0.05, 0) is 24.6 Å². The van der Waals surface area contributed by atoms with Crippen LogP contribution in [0.15, 0.2) is 23.1 Å². The van der Waals surface area contributed by atoms with E-state index in [4.69, 9.17) is 11.5 Å². The minimum atomic E-state index is -4.12. The second kappa shape index (κ2) is 5.82. The van der Waals surface area contributed by atoms with E-state index in [0.717, 1.165) is 12.1 Å². The Kier molecular flexibility index (Phi) is 4.64. The summed E-state index contributed by atoms with van der Waals surface area (Å²) in [5.74, 6) is -0.262. The maximum atomic E-state index is 13.6. The van der Waals surface area contributed by atoms with E-state index < -0.39 is 32.7 Å². The second-order valence-corrected chi connectivity index (χ2v) is 5.38. The lowest BCUT2D eigenvalue weighted by atomic mass is 10.2. The molecular formula is C12H12FNO4S. The monoisotopic (exact) mass is 285 g/mol. The zero-order valence-electron chi connectivity index (χ0n) is 10.1. The van der Waals surface area contributed by atoms with E-state index in [1.165, 1.54) is 0 Å². The van der Waals surface area contributed by atoms with Gasteiger partial charge in [0.15, 0.2) is 0 Å². The number of aromatic carboxylic acids is 1. The van der Waals surface area contributed by atoms with Gasteiger partial charge >= 0.3 is 5.97 Å². The molecule has 0 aromatic heterocycles. The van der Waals surface area contributed by atoms with Crippen molar-refractivity contribution in [2.45, 2.75) is 24.3 Å². The summed E-state index contributed by atoms with van der Waals surface area (Å²) in [7, 11) is -4.12. The van der Waals surface area contributed by atoms with Gasteiger partial charge in [0.2, 0.25) is 10.0 Å². The normalized spacial score (nSPS) is 12.7. The molecule has 7 heteroatoms. The molecule has 19 heavy (non-hydrogen) atoms. The van der Waals surface area contributed by atoms with Crippen molar-refractivity contribution in [3.05, 3.63) is 29.6 Å². The van der Waals surface area contributed by atoms with E-state index in [0.29, 0.717) is 12.5 Å². The standard InChI is InChI=1S/C12H12FNO4S/c1-3-9(4-2)14-19(17,18)11-6-5-8(12(15)16)7-10(11)13/h1,5-7,9,14H,4H2,2H3,(H,15,16). The van der Waals surface area contributed by atoms with Gasteiger partial charge in [0.05, 0.1) is 11.6 Å². The Bertz CT molecular complexity index is 634. The molecule has 0 fully saturated rings. The fourth-order valence-electron chi connectivity index (χ4n) is 1.34. The van der Waals surface area contributed by atoms with Crippen LogP contribution >= 0.6 is 0 Å². The molecule has 0 aliphatic rings. The van der Waals surface area contributed by atoms with Crippen LogP contribution in [0, 0.1) is 18.2 Å². The van der Waals surface area contributed by atoms with Crippen LogP contribution in [0.5, 0.6) is 0 Å². The number of carboxylic acid groups (broad SMARTS) is 1. The summed E-state index contributed by atoms with van der Waals surface area (Å²) in [6.45, 7) is 1.68. The van der Waals surface area contributed by atoms with Gasteiger partial charge in [-0.15, -0.1) is 6.42 Å². The van der Waals surface area contributed by atoms with Crippen molar-refractivity contribution in [1.29, 1.82) is 0 Å². The number of hydrogen-bond donors (Lipinski definition) is 2. The Morgan fingerprint density at radius 3 is 2.63 bits per heavy atom. The first-order chi connectivity index (χ1) is 8.81. The molecule has 5 nitrogen and oxygen atoms in total. The number of benzene rings is 1. The van der Waals surface area contributed by atoms with Gasteiger partial charge in [-0.1, -0.05) is 12.8 Å². The van der Waals surface area contributed by atoms with Crippen LogP contribution in [0.4, 0.5) is 4.39 Å². The van der Waals surface area contributed by atoms with Gasteiger partial charge in [0.25, 0.3) is 0 Å². The quantitative estimate of drug-likeness (QED) is 0.797. The van der Waals surface area contributed by atoms with Crippen molar-refractivity contribution < 1.29 is 22.7 Å². The summed E-state index contributed by atoms with van der Waals surface area (Å²) in [5, 5.41) is 8.67. The van der Waals surface area contributed by atoms with Gasteiger partial charge in [0, 0.05) is 0 Å². The van der Waals surface area contributed by atoms with Crippen molar-refractivity contribution >= 4 is 16.0 Å². The van der Waals surface area contributed by atoms with Crippen LogP contribution in [0.25, 0.3) is 0 Å². The van der Waals surface area contributed by atoms with Crippen LogP contribution in [0.3, 0.4) is 0 Å². The van der Waals surface area contributed by atoms with Gasteiger partial charge < -0.3 is 5.11 Å². The molecule has 1 aromatic rings. The molecule has 0 aliphatic heterocycles. The van der Waals surface area contributed by atoms with Crippen molar-refractivity contribution in [3.8, 4) is 12.3 Å². The Hall–Kier alpha value is -1.91. The molecule has 0 bridgehead atoms. The Balaban J connectivity index is 3.16. The maximum absolute atomic E-state index is 13.6. The molecule has 0 saturated carbocycles. The molecule has 0 spiro atoms. The molecule has 1 unspecified atom stereocenters. The number of hydrogen-bond acceptors (Lipinski definition) is 3. The summed E-state index contributed by atoms with van der Waals surface area (Å²) < 4.78 is 39.5. The SMILES string of the molecule is C#CC(CC)NS(=O)(=O)c1ccc(C(=O)O)cc1F. The lowest BCUT2D eigenvalue weighted by Crippen LogP contribution is -2.33. The highest BCUT2D eigenvalue weighted by atomic mass is 32.2. The number of rotatable bonds is 5. The van der Waals surface area contributed by atoms with Crippen molar-refractivity contribution in [1.82, 2.24) is 4.72 Å². The minimum absolute atomic E-state index is 0.333. The first-order valence-electron chi connectivity index (χ1n) is 5.33. The summed E-state index contributed by atoms with van der Waals surface area (Å²) >= 11 is 0. The van der Waals surface area contributed by atoms with Gasteiger partial charge in [-0.3, -0.25) is 0 Å². The smallest absolute Gasteiger partial charge is 0.335 e. The molecule has 1 atom stereocenters. The zero-order chi connectivity index (χ0) is 14.6. The van der Waals surface area contributed by atoms with E-state index in [-0.39, 0.29) is 5.56 Å². The third-order valence-electron chi connectivity index (χ3n) is 2.38. The van der Waals surface area contributed by atoms with E-state index in [2.05, 4.69) is 10.6 Å². The first-order valence-corrected chi connectivity index (χ1v) is 6.81. The van der Waals surface area contributed by atoms with E-state index in [1.807, 2.05) is 0 Å². The number of carboxylic acids is 1. The lowest BCUT2D eigenvalue weighted by molar-refractivity contribution is 0.0696. The van der Waals surface area contributed by atoms with E-state index >= 15 is 0 Å². The topological polar surface area (TPSA) is 83.5 Å².